The molecular formula is C17H20N2O2. The molecule has 1 aromatic rings. The van der Waals surface area contributed by atoms with Gasteiger partial charge in [0.25, 0.3) is 0 Å². The van der Waals surface area contributed by atoms with Gasteiger partial charge in [-0.25, -0.2) is 0 Å². The Morgan fingerprint density at radius 1 is 1.33 bits per heavy atom. The fraction of sp³-hybridized carbons (Fsp3) is 0.529. The van der Waals surface area contributed by atoms with Crippen molar-refractivity contribution in [2.75, 3.05) is 20.3 Å². The highest BCUT2D eigenvalue weighted by Gasteiger charge is 2.39. The van der Waals surface area contributed by atoms with Crippen LogP contribution in [0.15, 0.2) is 24.3 Å². The van der Waals surface area contributed by atoms with E-state index >= 15 is 0 Å². The van der Waals surface area contributed by atoms with Crippen molar-refractivity contribution in [1.29, 1.82) is 5.26 Å². The zero-order valence-corrected chi connectivity index (χ0v) is 12.3. The number of carbonyl (C=O) groups excluding carboxylic acids is 1. The molecule has 2 bridgehead atoms. The number of Topliss-reactive ketones (excluding diaryl/α,β-unsaturated/α-hetero) is 1. The van der Waals surface area contributed by atoms with Crippen LogP contribution in [0, 0.1) is 17.2 Å². The van der Waals surface area contributed by atoms with Crippen molar-refractivity contribution >= 4 is 5.78 Å². The van der Waals surface area contributed by atoms with E-state index in [2.05, 4.69) is 18.0 Å². The molecule has 0 aromatic heterocycles. The molecule has 2 aliphatic rings. The zero-order chi connectivity index (χ0) is 14.8. The molecule has 0 spiro atoms. The Kier molecular flexibility index (Phi) is 4.05. The molecule has 2 heterocycles. The number of nitriles is 1. The Labute approximate surface area is 125 Å². The summed E-state index contributed by atoms with van der Waals surface area (Å²) in [6.07, 6.45) is 2.12. The maximum atomic E-state index is 12.6. The van der Waals surface area contributed by atoms with Crippen molar-refractivity contribution in [3.63, 3.8) is 0 Å². The van der Waals surface area contributed by atoms with Crippen LogP contribution in [-0.2, 0) is 16.0 Å². The van der Waals surface area contributed by atoms with Gasteiger partial charge in [0.2, 0.25) is 0 Å². The maximum absolute atomic E-state index is 12.6. The van der Waals surface area contributed by atoms with E-state index in [1.165, 1.54) is 0 Å². The summed E-state index contributed by atoms with van der Waals surface area (Å²) in [4.78, 5) is 15.0. The first-order valence-electron chi connectivity index (χ1n) is 7.49. The van der Waals surface area contributed by atoms with Gasteiger partial charge < -0.3 is 4.74 Å². The molecule has 2 fully saturated rings. The van der Waals surface area contributed by atoms with Crippen LogP contribution in [-0.4, -0.2) is 43.0 Å². The smallest absolute Gasteiger partial charge is 0.140 e. The van der Waals surface area contributed by atoms with Gasteiger partial charge in [0, 0.05) is 24.4 Å². The molecular weight excluding hydrogens is 264 g/mol. The van der Waals surface area contributed by atoms with E-state index in [0.29, 0.717) is 24.1 Å². The Bertz CT molecular complexity index is 564. The fourth-order valence-electron chi connectivity index (χ4n) is 3.47. The molecule has 0 amide bonds. The van der Waals surface area contributed by atoms with Gasteiger partial charge in [0.05, 0.1) is 24.8 Å². The Morgan fingerprint density at radius 2 is 2.00 bits per heavy atom. The normalized spacial score (nSPS) is 28.9. The highest BCUT2D eigenvalue weighted by Crippen LogP contribution is 2.31. The Morgan fingerprint density at radius 3 is 2.67 bits per heavy atom. The number of ketones is 1. The number of benzene rings is 1. The molecule has 2 atom stereocenters. The number of morpholine rings is 1. The average Bonchev–Trinajstić information content (AvgIpc) is 2.47. The van der Waals surface area contributed by atoms with E-state index in [4.69, 9.17) is 10.00 Å². The number of likely N-dealkylation sites (N-methyl/N-ethyl adjacent to an activating group) is 1. The standard InChI is InChI=1S/C17H20N2O2/c1-19-15-6-14(7-16(19)11-21-10-15)17(20)8-12-4-2-3-5-13(12)9-18/h2-5,14-16H,6-8,10-11H2,1H3. The minimum atomic E-state index is 0.104. The first kappa shape index (κ1) is 14.2. The van der Waals surface area contributed by atoms with Gasteiger partial charge in [-0.15, -0.1) is 0 Å². The largest absolute Gasteiger partial charge is 0.378 e. The third kappa shape index (κ3) is 2.85. The van der Waals surface area contributed by atoms with E-state index in [1.54, 1.807) is 6.07 Å². The second-order valence-corrected chi connectivity index (χ2v) is 6.09. The van der Waals surface area contributed by atoms with Crippen LogP contribution in [0.2, 0.25) is 0 Å². The van der Waals surface area contributed by atoms with Crippen LogP contribution < -0.4 is 0 Å². The molecule has 2 unspecified atom stereocenters. The third-order valence-electron chi connectivity index (χ3n) is 4.84. The number of hydrogen-bond donors (Lipinski definition) is 0. The van der Waals surface area contributed by atoms with Crippen molar-refractivity contribution in [3.05, 3.63) is 35.4 Å². The Hall–Kier alpha value is -1.70. The van der Waals surface area contributed by atoms with Gasteiger partial charge in [-0.2, -0.15) is 5.26 Å². The minimum absolute atomic E-state index is 0.104. The molecule has 0 saturated carbocycles. The number of nitrogens with zero attached hydrogens (tertiary/aromatic N) is 2. The molecule has 2 aliphatic heterocycles. The first-order chi connectivity index (χ1) is 10.2. The number of carbonyl (C=O) groups is 1. The molecule has 1 aromatic carbocycles. The number of rotatable bonds is 3. The quantitative estimate of drug-likeness (QED) is 0.849. The summed E-state index contributed by atoms with van der Waals surface area (Å²) in [5, 5.41) is 9.12. The van der Waals surface area contributed by atoms with Gasteiger partial charge in [0.15, 0.2) is 0 Å². The molecule has 21 heavy (non-hydrogen) atoms. The molecule has 0 aliphatic carbocycles. The van der Waals surface area contributed by atoms with E-state index in [9.17, 15) is 4.79 Å². The average molecular weight is 284 g/mol. The Balaban J connectivity index is 1.70. The lowest BCUT2D eigenvalue weighted by molar-refractivity contribution is -0.130. The van der Waals surface area contributed by atoms with Crippen molar-refractivity contribution < 1.29 is 9.53 Å². The number of hydrogen-bond acceptors (Lipinski definition) is 4. The van der Waals surface area contributed by atoms with Gasteiger partial charge in [-0.3, -0.25) is 9.69 Å². The first-order valence-corrected chi connectivity index (χ1v) is 7.49. The van der Waals surface area contributed by atoms with Gasteiger partial charge in [-0.1, -0.05) is 18.2 Å². The van der Waals surface area contributed by atoms with Crippen LogP contribution in [0.4, 0.5) is 0 Å². The lowest BCUT2D eigenvalue weighted by Crippen LogP contribution is -2.56. The second kappa shape index (κ2) is 5.97. The van der Waals surface area contributed by atoms with Crippen LogP contribution in [0.5, 0.6) is 0 Å². The summed E-state index contributed by atoms with van der Waals surface area (Å²) in [5.41, 5.74) is 1.47. The fourth-order valence-corrected chi connectivity index (χ4v) is 3.47. The van der Waals surface area contributed by atoms with Crippen molar-refractivity contribution in [3.8, 4) is 6.07 Å². The number of ether oxygens (including phenoxy) is 1. The second-order valence-electron chi connectivity index (χ2n) is 6.09. The molecule has 2 saturated heterocycles. The minimum Gasteiger partial charge on any atom is -0.378 e. The van der Waals surface area contributed by atoms with Gasteiger partial charge in [0.1, 0.15) is 5.78 Å². The monoisotopic (exact) mass is 284 g/mol. The lowest BCUT2D eigenvalue weighted by atomic mass is 9.81. The zero-order valence-electron chi connectivity index (χ0n) is 12.3. The van der Waals surface area contributed by atoms with Crippen molar-refractivity contribution in [1.82, 2.24) is 4.90 Å². The molecule has 0 N–H and O–H groups in total. The van der Waals surface area contributed by atoms with Gasteiger partial charge in [-0.05, 0) is 31.5 Å². The number of fused-ring (bicyclic) bond motifs is 2. The van der Waals surface area contributed by atoms with Gasteiger partial charge >= 0.3 is 0 Å². The van der Waals surface area contributed by atoms with Crippen LogP contribution >= 0.6 is 0 Å². The molecule has 3 rings (SSSR count). The predicted molar refractivity (Wildman–Crippen MR) is 78.8 cm³/mol. The van der Waals surface area contributed by atoms with Crippen molar-refractivity contribution in [2.24, 2.45) is 5.92 Å². The maximum Gasteiger partial charge on any atom is 0.140 e. The highest BCUT2D eigenvalue weighted by molar-refractivity contribution is 5.84. The summed E-state index contributed by atoms with van der Waals surface area (Å²) < 4.78 is 5.59. The SMILES string of the molecule is CN1C2COCC1CC(C(=O)Cc1ccccc1C#N)C2. The number of piperidine rings is 1. The van der Waals surface area contributed by atoms with Crippen LogP contribution in [0.3, 0.4) is 0 Å². The molecule has 0 radical (unpaired) electrons. The molecule has 4 heteroatoms. The summed E-state index contributed by atoms with van der Waals surface area (Å²) in [6.45, 7) is 1.46. The molecule has 110 valence electrons. The van der Waals surface area contributed by atoms with E-state index in [0.717, 1.165) is 31.6 Å². The lowest BCUT2D eigenvalue weighted by Gasteiger charge is -2.46. The topological polar surface area (TPSA) is 53.3 Å². The van der Waals surface area contributed by atoms with E-state index in [1.807, 2.05) is 18.2 Å². The van der Waals surface area contributed by atoms with Crippen molar-refractivity contribution in [2.45, 2.75) is 31.3 Å². The van der Waals surface area contributed by atoms with E-state index < -0.39 is 0 Å². The highest BCUT2D eigenvalue weighted by atomic mass is 16.5. The van der Waals surface area contributed by atoms with Crippen LogP contribution in [0.1, 0.15) is 24.0 Å². The summed E-state index contributed by atoms with van der Waals surface area (Å²) in [6, 6.07) is 10.3. The summed E-state index contributed by atoms with van der Waals surface area (Å²) in [7, 11) is 2.13. The third-order valence-corrected chi connectivity index (χ3v) is 4.84. The summed E-state index contributed by atoms with van der Waals surface area (Å²) in [5.74, 6) is 0.370. The predicted octanol–water partition coefficient (Wildman–Crippen LogP) is 1.78. The summed E-state index contributed by atoms with van der Waals surface area (Å²) >= 11 is 0. The van der Waals surface area contributed by atoms with Crippen LogP contribution in [0.25, 0.3) is 0 Å². The van der Waals surface area contributed by atoms with E-state index in [-0.39, 0.29) is 11.7 Å². The molecule has 4 nitrogen and oxygen atoms in total.